The standard InChI is InChI=1S/C16H21N3O2/c1-15(2)11-8-9-16(15,3)14(10-11)18-17-12-4-6-13(7-5-12)19(20)21/h4-7,11,17H,8-10H2,1-3H3/b18-14-/t11-,16+/m1/s1. The smallest absolute Gasteiger partial charge is 0.269 e. The van der Waals surface area contributed by atoms with Crippen molar-refractivity contribution in [1.82, 2.24) is 0 Å². The molecule has 3 rings (SSSR count). The van der Waals surface area contributed by atoms with E-state index in [0.717, 1.165) is 18.0 Å². The number of nitrogens with zero attached hydrogens (tertiary/aromatic N) is 2. The van der Waals surface area contributed by atoms with E-state index in [1.54, 1.807) is 12.1 Å². The van der Waals surface area contributed by atoms with Crippen LogP contribution in [-0.2, 0) is 0 Å². The number of hydrazone groups is 1. The van der Waals surface area contributed by atoms with Crippen LogP contribution in [0.25, 0.3) is 0 Å². The van der Waals surface area contributed by atoms with Gasteiger partial charge in [-0.15, -0.1) is 0 Å². The number of anilines is 1. The zero-order chi connectivity index (χ0) is 15.3. The van der Waals surface area contributed by atoms with Crippen LogP contribution in [0.2, 0.25) is 0 Å². The molecule has 2 atom stereocenters. The molecule has 0 radical (unpaired) electrons. The average molecular weight is 287 g/mol. The predicted octanol–water partition coefficient (Wildman–Crippen LogP) is 4.21. The van der Waals surface area contributed by atoms with Crippen molar-refractivity contribution in [2.45, 2.75) is 40.0 Å². The zero-order valence-corrected chi connectivity index (χ0v) is 12.7. The summed E-state index contributed by atoms with van der Waals surface area (Å²) >= 11 is 0. The maximum absolute atomic E-state index is 10.6. The van der Waals surface area contributed by atoms with Gasteiger partial charge in [0.15, 0.2) is 0 Å². The molecular weight excluding hydrogens is 266 g/mol. The highest BCUT2D eigenvalue weighted by Crippen LogP contribution is 2.63. The first-order valence-corrected chi connectivity index (χ1v) is 7.42. The highest BCUT2D eigenvalue weighted by Gasteiger charge is 2.59. The van der Waals surface area contributed by atoms with Gasteiger partial charge in [-0.2, -0.15) is 5.10 Å². The lowest BCUT2D eigenvalue weighted by Crippen LogP contribution is -2.32. The Kier molecular flexibility index (Phi) is 3.04. The Hall–Kier alpha value is -1.91. The van der Waals surface area contributed by atoms with Crippen molar-refractivity contribution < 1.29 is 4.92 Å². The molecular formula is C16H21N3O2. The number of non-ortho nitro benzene ring substituents is 1. The van der Waals surface area contributed by atoms with Gasteiger partial charge in [0.2, 0.25) is 0 Å². The molecule has 21 heavy (non-hydrogen) atoms. The largest absolute Gasteiger partial charge is 0.279 e. The Morgan fingerprint density at radius 1 is 1.29 bits per heavy atom. The minimum Gasteiger partial charge on any atom is -0.279 e. The lowest BCUT2D eigenvalue weighted by molar-refractivity contribution is -0.384. The quantitative estimate of drug-likeness (QED) is 0.669. The van der Waals surface area contributed by atoms with Crippen LogP contribution in [0, 0.1) is 26.9 Å². The number of fused-ring (bicyclic) bond motifs is 2. The molecule has 0 aromatic heterocycles. The van der Waals surface area contributed by atoms with Crippen LogP contribution in [-0.4, -0.2) is 10.6 Å². The topological polar surface area (TPSA) is 67.5 Å². The maximum Gasteiger partial charge on any atom is 0.269 e. The molecule has 2 saturated carbocycles. The highest BCUT2D eigenvalue weighted by atomic mass is 16.6. The van der Waals surface area contributed by atoms with Gasteiger partial charge in [-0.3, -0.25) is 15.5 Å². The normalized spacial score (nSPS) is 31.6. The van der Waals surface area contributed by atoms with E-state index in [9.17, 15) is 10.1 Å². The van der Waals surface area contributed by atoms with Crippen molar-refractivity contribution in [3.8, 4) is 0 Å². The van der Waals surface area contributed by atoms with E-state index < -0.39 is 4.92 Å². The van der Waals surface area contributed by atoms with Crippen molar-refractivity contribution in [1.29, 1.82) is 0 Å². The van der Waals surface area contributed by atoms with Crippen LogP contribution in [0.5, 0.6) is 0 Å². The van der Waals surface area contributed by atoms with E-state index in [2.05, 4.69) is 31.3 Å². The third kappa shape index (κ3) is 2.03. The number of hydrogen-bond donors (Lipinski definition) is 1. The molecule has 2 aliphatic carbocycles. The lowest BCUT2D eigenvalue weighted by atomic mass is 9.70. The molecule has 5 nitrogen and oxygen atoms in total. The van der Waals surface area contributed by atoms with E-state index >= 15 is 0 Å². The van der Waals surface area contributed by atoms with Crippen LogP contribution in [0.1, 0.15) is 40.0 Å². The predicted molar refractivity (Wildman–Crippen MR) is 83.4 cm³/mol. The molecule has 1 aromatic carbocycles. The van der Waals surface area contributed by atoms with Crippen LogP contribution in [0.3, 0.4) is 0 Å². The van der Waals surface area contributed by atoms with Gasteiger partial charge in [-0.1, -0.05) is 20.8 Å². The van der Waals surface area contributed by atoms with Crippen LogP contribution in [0.15, 0.2) is 29.4 Å². The summed E-state index contributed by atoms with van der Waals surface area (Å²) < 4.78 is 0. The van der Waals surface area contributed by atoms with Crippen molar-refractivity contribution in [3.05, 3.63) is 34.4 Å². The Labute approximate surface area is 124 Å². The molecule has 1 aromatic rings. The fourth-order valence-electron chi connectivity index (χ4n) is 3.89. The van der Waals surface area contributed by atoms with E-state index in [4.69, 9.17) is 0 Å². The van der Waals surface area contributed by atoms with E-state index in [-0.39, 0.29) is 11.1 Å². The second kappa shape index (κ2) is 4.55. The molecule has 2 aliphatic rings. The number of hydrogen-bond acceptors (Lipinski definition) is 4. The van der Waals surface area contributed by atoms with Gasteiger partial charge in [0, 0.05) is 23.3 Å². The Balaban J connectivity index is 1.77. The summed E-state index contributed by atoms with van der Waals surface area (Å²) in [5, 5.41) is 15.3. The van der Waals surface area contributed by atoms with E-state index in [1.165, 1.54) is 30.7 Å². The summed E-state index contributed by atoms with van der Waals surface area (Å²) in [6.07, 6.45) is 3.55. The number of rotatable bonds is 3. The summed E-state index contributed by atoms with van der Waals surface area (Å²) in [6.45, 7) is 7.01. The molecule has 2 bridgehead atoms. The molecule has 0 saturated heterocycles. The highest BCUT2D eigenvalue weighted by molar-refractivity contribution is 5.94. The first-order chi connectivity index (χ1) is 9.84. The van der Waals surface area contributed by atoms with Crippen LogP contribution >= 0.6 is 0 Å². The summed E-state index contributed by atoms with van der Waals surface area (Å²) in [7, 11) is 0. The second-order valence-corrected chi connectivity index (χ2v) is 6.97. The van der Waals surface area contributed by atoms with Gasteiger partial charge >= 0.3 is 0 Å². The molecule has 112 valence electrons. The third-order valence-corrected chi connectivity index (χ3v) is 5.91. The summed E-state index contributed by atoms with van der Waals surface area (Å²) in [4.78, 5) is 10.2. The number of benzene rings is 1. The number of nitro benzene ring substituents is 1. The number of nitrogens with one attached hydrogen (secondary N) is 1. The fourth-order valence-corrected chi connectivity index (χ4v) is 3.89. The molecule has 0 amide bonds. The van der Waals surface area contributed by atoms with Crippen LogP contribution < -0.4 is 5.43 Å². The van der Waals surface area contributed by atoms with Crippen molar-refractivity contribution in [2.75, 3.05) is 5.43 Å². The maximum atomic E-state index is 10.6. The van der Waals surface area contributed by atoms with E-state index in [1.807, 2.05) is 0 Å². The van der Waals surface area contributed by atoms with E-state index in [0.29, 0.717) is 5.41 Å². The van der Waals surface area contributed by atoms with Crippen LogP contribution in [0.4, 0.5) is 11.4 Å². The molecule has 2 fully saturated rings. The second-order valence-electron chi connectivity index (χ2n) is 6.97. The Bertz CT molecular complexity index is 606. The molecule has 0 aliphatic heterocycles. The summed E-state index contributed by atoms with van der Waals surface area (Å²) in [5.74, 6) is 0.722. The minimum absolute atomic E-state index is 0.0984. The SMILES string of the molecule is CC1(C)[C@@H]2CC[C@@]1(C)/C(=N\Nc1ccc([N+](=O)[O-])cc1)C2. The van der Waals surface area contributed by atoms with Gasteiger partial charge in [0.1, 0.15) is 0 Å². The minimum atomic E-state index is -0.394. The summed E-state index contributed by atoms with van der Waals surface area (Å²) in [6, 6.07) is 6.38. The molecule has 1 N–H and O–H groups in total. The van der Waals surface area contributed by atoms with Gasteiger partial charge in [0.05, 0.1) is 10.6 Å². The monoisotopic (exact) mass is 287 g/mol. The third-order valence-electron chi connectivity index (χ3n) is 5.91. The lowest BCUT2D eigenvalue weighted by Gasteiger charge is -2.34. The molecule has 5 heteroatoms. The number of nitro groups is 1. The first kappa shape index (κ1) is 14.0. The Morgan fingerprint density at radius 3 is 2.43 bits per heavy atom. The molecule has 0 heterocycles. The van der Waals surface area contributed by atoms with Gasteiger partial charge in [-0.05, 0) is 42.7 Å². The first-order valence-electron chi connectivity index (χ1n) is 7.42. The molecule has 0 spiro atoms. The van der Waals surface area contributed by atoms with Gasteiger partial charge in [0.25, 0.3) is 5.69 Å². The summed E-state index contributed by atoms with van der Waals surface area (Å²) in [5.41, 5.74) is 5.67. The molecule has 0 unspecified atom stereocenters. The fraction of sp³-hybridized carbons (Fsp3) is 0.562. The average Bonchev–Trinajstić information content (AvgIpc) is 2.78. The van der Waals surface area contributed by atoms with Gasteiger partial charge < -0.3 is 0 Å². The van der Waals surface area contributed by atoms with Crippen molar-refractivity contribution in [2.24, 2.45) is 21.8 Å². The van der Waals surface area contributed by atoms with Crippen molar-refractivity contribution in [3.63, 3.8) is 0 Å². The zero-order valence-electron chi connectivity index (χ0n) is 12.7. The Morgan fingerprint density at radius 2 is 1.95 bits per heavy atom. The van der Waals surface area contributed by atoms with Crippen molar-refractivity contribution >= 4 is 17.1 Å². The van der Waals surface area contributed by atoms with Gasteiger partial charge in [-0.25, -0.2) is 0 Å².